The molecule has 0 spiro atoms. The minimum atomic E-state index is -0.957. The number of aryl methyl sites for hydroxylation is 1. The van der Waals surface area contributed by atoms with Gasteiger partial charge in [0.1, 0.15) is 12.3 Å². The Morgan fingerprint density at radius 3 is 2.65 bits per heavy atom. The summed E-state index contributed by atoms with van der Waals surface area (Å²) in [5.41, 5.74) is 1.84. The minimum Gasteiger partial charge on any atom is -0.507 e. The van der Waals surface area contributed by atoms with Crippen molar-refractivity contribution in [3.63, 3.8) is 0 Å². The largest absolute Gasteiger partial charge is 0.507 e. The maximum Gasteiger partial charge on any atom is 0.323 e. The van der Waals surface area contributed by atoms with E-state index < -0.39 is 5.97 Å². The molecular formula is C14H15N3O3. The second-order valence-electron chi connectivity index (χ2n) is 4.46. The van der Waals surface area contributed by atoms with Crippen molar-refractivity contribution in [2.24, 2.45) is 0 Å². The number of hydrogen-bond donors (Lipinski definition) is 2. The lowest BCUT2D eigenvalue weighted by Crippen LogP contribution is -2.27. The molecule has 20 heavy (non-hydrogen) atoms. The second kappa shape index (κ2) is 5.56. The van der Waals surface area contributed by atoms with E-state index in [9.17, 15) is 9.90 Å². The van der Waals surface area contributed by atoms with Gasteiger partial charge in [0.2, 0.25) is 5.95 Å². The van der Waals surface area contributed by atoms with Crippen LogP contribution in [0.15, 0.2) is 30.3 Å². The lowest BCUT2D eigenvalue weighted by Gasteiger charge is -2.16. The smallest absolute Gasteiger partial charge is 0.323 e. The van der Waals surface area contributed by atoms with Crippen molar-refractivity contribution in [1.29, 1.82) is 0 Å². The van der Waals surface area contributed by atoms with Gasteiger partial charge in [-0.05, 0) is 25.1 Å². The van der Waals surface area contributed by atoms with Gasteiger partial charge in [0.15, 0.2) is 0 Å². The van der Waals surface area contributed by atoms with Crippen molar-refractivity contribution >= 4 is 11.9 Å². The number of para-hydroxylation sites is 1. The number of aromatic hydroxyl groups is 1. The molecule has 0 aliphatic heterocycles. The van der Waals surface area contributed by atoms with E-state index in [1.807, 2.05) is 0 Å². The molecule has 6 nitrogen and oxygen atoms in total. The first-order chi connectivity index (χ1) is 9.47. The first-order valence-corrected chi connectivity index (χ1v) is 6.04. The Labute approximate surface area is 116 Å². The molecule has 0 aliphatic carbocycles. The molecule has 2 N–H and O–H groups in total. The molecule has 0 saturated heterocycles. The number of phenols is 1. The molecule has 1 aromatic carbocycles. The van der Waals surface area contributed by atoms with E-state index in [1.165, 1.54) is 4.90 Å². The molecule has 0 atom stereocenters. The highest BCUT2D eigenvalue weighted by Crippen LogP contribution is 2.28. The normalized spacial score (nSPS) is 10.3. The van der Waals surface area contributed by atoms with Crippen molar-refractivity contribution in [3.8, 4) is 17.0 Å². The van der Waals surface area contributed by atoms with Crippen molar-refractivity contribution in [2.45, 2.75) is 6.92 Å². The molecule has 0 saturated carbocycles. The lowest BCUT2D eigenvalue weighted by molar-refractivity contribution is -0.135. The van der Waals surface area contributed by atoms with Crippen LogP contribution in [0.2, 0.25) is 0 Å². The summed E-state index contributed by atoms with van der Waals surface area (Å²) in [4.78, 5) is 20.7. The molecule has 6 heteroatoms. The van der Waals surface area contributed by atoms with Gasteiger partial charge in [-0.1, -0.05) is 12.1 Å². The zero-order valence-electron chi connectivity index (χ0n) is 11.2. The molecule has 104 valence electrons. The van der Waals surface area contributed by atoms with Gasteiger partial charge in [0.25, 0.3) is 0 Å². The fourth-order valence-corrected chi connectivity index (χ4v) is 1.83. The Kier molecular flexibility index (Phi) is 3.84. The Morgan fingerprint density at radius 2 is 2.00 bits per heavy atom. The predicted octanol–water partition coefficient (Wildman–Crippen LogP) is 1.68. The Bertz CT molecular complexity index is 643. The number of anilines is 1. The topological polar surface area (TPSA) is 86.6 Å². The average Bonchev–Trinajstić information content (AvgIpc) is 2.37. The Morgan fingerprint density at radius 1 is 1.30 bits per heavy atom. The van der Waals surface area contributed by atoms with E-state index in [0.29, 0.717) is 22.9 Å². The summed E-state index contributed by atoms with van der Waals surface area (Å²) in [6.07, 6.45) is 0. The number of carboxylic acids is 1. The summed E-state index contributed by atoms with van der Waals surface area (Å²) in [6, 6.07) is 8.59. The van der Waals surface area contributed by atoms with E-state index in [2.05, 4.69) is 9.97 Å². The zero-order valence-corrected chi connectivity index (χ0v) is 11.2. The molecule has 0 amide bonds. The third kappa shape index (κ3) is 3.03. The molecule has 0 unspecified atom stereocenters. The number of carboxylic acid groups (broad SMARTS) is 1. The molecule has 0 bridgehead atoms. The van der Waals surface area contributed by atoms with E-state index in [0.717, 1.165) is 0 Å². The summed E-state index contributed by atoms with van der Waals surface area (Å²) in [7, 11) is 1.61. The number of benzene rings is 1. The molecule has 2 aromatic rings. The molecule has 0 radical (unpaired) electrons. The van der Waals surface area contributed by atoms with Crippen LogP contribution in [0.4, 0.5) is 5.95 Å². The number of carbonyl (C=O) groups is 1. The van der Waals surface area contributed by atoms with Crippen LogP contribution in [0.1, 0.15) is 5.69 Å². The predicted molar refractivity (Wildman–Crippen MR) is 74.8 cm³/mol. The summed E-state index contributed by atoms with van der Waals surface area (Å²) in [5.74, 6) is -0.523. The SMILES string of the molecule is Cc1cc(-c2ccccc2O)nc(N(C)CC(=O)O)n1. The van der Waals surface area contributed by atoms with Crippen LogP contribution in [0, 0.1) is 6.92 Å². The molecular weight excluding hydrogens is 258 g/mol. The van der Waals surface area contributed by atoms with Gasteiger partial charge < -0.3 is 15.1 Å². The maximum atomic E-state index is 10.7. The number of rotatable bonds is 4. The lowest BCUT2D eigenvalue weighted by atomic mass is 10.1. The number of nitrogens with zero attached hydrogens (tertiary/aromatic N) is 3. The number of phenolic OH excluding ortho intramolecular Hbond substituents is 1. The summed E-state index contributed by atoms with van der Waals surface area (Å²) < 4.78 is 0. The molecule has 0 fully saturated rings. The summed E-state index contributed by atoms with van der Waals surface area (Å²) in [5, 5.41) is 18.7. The Balaban J connectivity index is 2.44. The van der Waals surface area contributed by atoms with Gasteiger partial charge in [-0.15, -0.1) is 0 Å². The van der Waals surface area contributed by atoms with Gasteiger partial charge in [-0.2, -0.15) is 0 Å². The first-order valence-electron chi connectivity index (χ1n) is 6.04. The highest BCUT2D eigenvalue weighted by molar-refractivity contribution is 5.73. The average molecular weight is 273 g/mol. The minimum absolute atomic E-state index is 0.123. The van der Waals surface area contributed by atoms with Crippen LogP contribution >= 0.6 is 0 Å². The number of likely N-dealkylation sites (N-methyl/N-ethyl adjacent to an activating group) is 1. The van der Waals surface area contributed by atoms with Crippen LogP contribution in [0.5, 0.6) is 5.75 Å². The van der Waals surface area contributed by atoms with Crippen molar-refractivity contribution < 1.29 is 15.0 Å². The van der Waals surface area contributed by atoms with Crippen LogP contribution in [-0.2, 0) is 4.79 Å². The zero-order chi connectivity index (χ0) is 14.7. The van der Waals surface area contributed by atoms with Crippen LogP contribution in [0.3, 0.4) is 0 Å². The van der Waals surface area contributed by atoms with Crippen LogP contribution in [0.25, 0.3) is 11.3 Å². The van der Waals surface area contributed by atoms with E-state index in [1.54, 1.807) is 44.3 Å². The quantitative estimate of drug-likeness (QED) is 0.881. The molecule has 2 rings (SSSR count). The van der Waals surface area contributed by atoms with Gasteiger partial charge in [-0.25, -0.2) is 9.97 Å². The monoisotopic (exact) mass is 273 g/mol. The highest BCUT2D eigenvalue weighted by atomic mass is 16.4. The molecule has 0 aliphatic rings. The Hall–Kier alpha value is -2.63. The van der Waals surface area contributed by atoms with E-state index >= 15 is 0 Å². The molecule has 1 heterocycles. The number of aromatic nitrogens is 2. The van der Waals surface area contributed by atoms with E-state index in [-0.39, 0.29) is 12.3 Å². The third-order valence-corrected chi connectivity index (χ3v) is 2.74. The fourth-order valence-electron chi connectivity index (χ4n) is 1.83. The summed E-state index contributed by atoms with van der Waals surface area (Å²) in [6.45, 7) is 1.60. The third-order valence-electron chi connectivity index (χ3n) is 2.74. The first kappa shape index (κ1) is 13.8. The van der Waals surface area contributed by atoms with Crippen LogP contribution < -0.4 is 4.90 Å². The maximum absolute atomic E-state index is 10.7. The summed E-state index contributed by atoms with van der Waals surface area (Å²) >= 11 is 0. The van der Waals surface area contributed by atoms with Gasteiger partial charge >= 0.3 is 5.97 Å². The van der Waals surface area contributed by atoms with Gasteiger partial charge in [0, 0.05) is 18.3 Å². The van der Waals surface area contributed by atoms with Gasteiger partial charge in [0.05, 0.1) is 5.69 Å². The van der Waals surface area contributed by atoms with Crippen molar-refractivity contribution in [2.75, 3.05) is 18.5 Å². The fraction of sp³-hybridized carbons (Fsp3) is 0.214. The second-order valence-corrected chi connectivity index (χ2v) is 4.46. The van der Waals surface area contributed by atoms with E-state index in [4.69, 9.17) is 5.11 Å². The van der Waals surface area contributed by atoms with Crippen molar-refractivity contribution in [3.05, 3.63) is 36.0 Å². The number of hydrogen-bond acceptors (Lipinski definition) is 5. The van der Waals surface area contributed by atoms with Crippen LogP contribution in [-0.4, -0.2) is 39.7 Å². The highest BCUT2D eigenvalue weighted by Gasteiger charge is 2.12. The van der Waals surface area contributed by atoms with Gasteiger partial charge in [-0.3, -0.25) is 4.79 Å². The van der Waals surface area contributed by atoms with Crippen molar-refractivity contribution in [1.82, 2.24) is 9.97 Å². The molecule has 1 aromatic heterocycles. The standard InChI is InChI=1S/C14H15N3O3/c1-9-7-11(10-5-3-4-6-12(10)18)16-14(15-9)17(2)8-13(19)20/h3-7,18H,8H2,1-2H3,(H,19,20). The number of aliphatic carboxylic acids is 1.